The summed E-state index contributed by atoms with van der Waals surface area (Å²) < 4.78 is 2.12. The van der Waals surface area contributed by atoms with E-state index in [1.807, 2.05) is 55.6 Å². The van der Waals surface area contributed by atoms with Gasteiger partial charge < -0.3 is 9.55 Å². The van der Waals surface area contributed by atoms with E-state index in [0.29, 0.717) is 11.4 Å². The zero-order chi connectivity index (χ0) is 19.0. The molecule has 1 N–H and O–H groups in total. The molecule has 1 aromatic carbocycles. The first kappa shape index (κ1) is 17.3. The maximum absolute atomic E-state index is 13.1. The first-order chi connectivity index (χ1) is 13.1. The molecule has 4 rings (SSSR count). The molecule has 0 aliphatic rings. The molecular formula is C21H18N4OS. The van der Waals surface area contributed by atoms with E-state index in [9.17, 15) is 10.1 Å². The number of rotatable bonds is 5. The van der Waals surface area contributed by atoms with Crippen LogP contribution >= 0.6 is 11.3 Å². The van der Waals surface area contributed by atoms with Crippen molar-refractivity contribution < 1.29 is 4.79 Å². The van der Waals surface area contributed by atoms with Crippen LogP contribution < -0.4 is 0 Å². The third kappa shape index (κ3) is 3.07. The predicted molar refractivity (Wildman–Crippen MR) is 106 cm³/mol. The van der Waals surface area contributed by atoms with Crippen LogP contribution in [-0.2, 0) is 6.54 Å². The number of aryl methyl sites for hydroxylation is 1. The minimum atomic E-state index is -0.951. The number of hydrogen-bond acceptors (Lipinski definition) is 4. The molecule has 0 saturated heterocycles. The molecule has 134 valence electrons. The van der Waals surface area contributed by atoms with Gasteiger partial charge in [-0.25, -0.2) is 4.98 Å². The Kier molecular flexibility index (Phi) is 4.38. The van der Waals surface area contributed by atoms with Crippen LogP contribution in [0, 0.1) is 25.2 Å². The van der Waals surface area contributed by atoms with Crippen molar-refractivity contribution in [1.29, 1.82) is 5.26 Å². The van der Waals surface area contributed by atoms with Crippen molar-refractivity contribution in [2.45, 2.75) is 26.3 Å². The third-order valence-electron chi connectivity index (χ3n) is 4.81. The quantitative estimate of drug-likeness (QED) is 0.520. The molecule has 0 amide bonds. The molecule has 1 atom stereocenters. The number of aromatic amines is 1. The lowest BCUT2D eigenvalue weighted by molar-refractivity contribution is 0.0976. The molecule has 0 aliphatic heterocycles. The number of nitrogens with one attached hydrogen (secondary N) is 1. The lowest BCUT2D eigenvalue weighted by atomic mass is 9.98. The van der Waals surface area contributed by atoms with Crippen LogP contribution in [-0.4, -0.2) is 20.3 Å². The predicted octanol–water partition coefficient (Wildman–Crippen LogP) is 4.58. The van der Waals surface area contributed by atoms with E-state index < -0.39 is 5.92 Å². The zero-order valence-electron chi connectivity index (χ0n) is 15.1. The van der Waals surface area contributed by atoms with Crippen LogP contribution in [0.15, 0.2) is 47.8 Å². The fraction of sp³-hybridized carbons (Fsp3) is 0.190. The number of carbonyl (C=O) groups excluding carboxylic acids is 1. The molecular weight excluding hydrogens is 356 g/mol. The van der Waals surface area contributed by atoms with E-state index in [1.165, 1.54) is 4.88 Å². The maximum atomic E-state index is 13.1. The normalized spacial score (nSPS) is 12.2. The summed E-state index contributed by atoms with van der Waals surface area (Å²) in [7, 11) is 0. The highest BCUT2D eigenvalue weighted by atomic mass is 32.1. The van der Waals surface area contributed by atoms with Gasteiger partial charge in [-0.15, -0.1) is 11.3 Å². The fourth-order valence-electron chi connectivity index (χ4n) is 3.36. The molecule has 6 heteroatoms. The van der Waals surface area contributed by atoms with E-state index in [2.05, 4.69) is 26.7 Å². The molecule has 3 aromatic heterocycles. The number of benzene rings is 1. The number of nitrogens with zero attached hydrogens (tertiary/aromatic N) is 3. The van der Waals surface area contributed by atoms with Gasteiger partial charge in [0.15, 0.2) is 11.7 Å². The lowest BCUT2D eigenvalue weighted by Gasteiger charge is -2.09. The molecule has 0 bridgehead atoms. The Hall–Kier alpha value is -3.17. The first-order valence-electron chi connectivity index (χ1n) is 8.66. The minimum Gasteiger partial charge on any atom is -0.343 e. The van der Waals surface area contributed by atoms with E-state index in [1.54, 1.807) is 11.3 Å². The van der Waals surface area contributed by atoms with Crippen LogP contribution in [0.5, 0.6) is 0 Å². The molecule has 0 spiro atoms. The second-order valence-corrected chi connectivity index (χ2v) is 7.55. The smallest absolute Gasteiger partial charge is 0.189 e. The van der Waals surface area contributed by atoms with Crippen molar-refractivity contribution in [3.63, 3.8) is 0 Å². The number of imidazole rings is 1. The Morgan fingerprint density at radius 2 is 2.11 bits per heavy atom. The Morgan fingerprint density at radius 1 is 1.30 bits per heavy atom. The van der Waals surface area contributed by atoms with Gasteiger partial charge in [-0.2, -0.15) is 5.26 Å². The van der Waals surface area contributed by atoms with Crippen LogP contribution in [0.2, 0.25) is 0 Å². The highest BCUT2D eigenvalue weighted by Gasteiger charge is 2.28. The Morgan fingerprint density at radius 3 is 2.81 bits per heavy atom. The number of thiophene rings is 1. The van der Waals surface area contributed by atoms with Gasteiger partial charge in [0.1, 0.15) is 5.82 Å². The van der Waals surface area contributed by atoms with Crippen molar-refractivity contribution in [2.24, 2.45) is 0 Å². The summed E-state index contributed by atoms with van der Waals surface area (Å²) in [5.74, 6) is -0.776. The van der Waals surface area contributed by atoms with E-state index in [0.717, 1.165) is 29.0 Å². The van der Waals surface area contributed by atoms with Crippen LogP contribution in [0.1, 0.15) is 38.4 Å². The topological polar surface area (TPSA) is 74.5 Å². The van der Waals surface area contributed by atoms with E-state index >= 15 is 0 Å². The third-order valence-corrected chi connectivity index (χ3v) is 5.67. The average Bonchev–Trinajstić information content (AvgIpc) is 3.38. The van der Waals surface area contributed by atoms with Crippen molar-refractivity contribution >= 4 is 28.2 Å². The number of para-hydroxylation sites is 2. The molecule has 0 unspecified atom stereocenters. The molecule has 3 heterocycles. The second-order valence-electron chi connectivity index (χ2n) is 6.52. The van der Waals surface area contributed by atoms with Crippen LogP contribution in [0.25, 0.3) is 11.0 Å². The maximum Gasteiger partial charge on any atom is 0.189 e. The molecule has 4 aromatic rings. The number of ketones is 1. The molecule has 0 fully saturated rings. The Labute approximate surface area is 160 Å². The summed E-state index contributed by atoms with van der Waals surface area (Å²) >= 11 is 1.69. The number of nitriles is 1. The summed E-state index contributed by atoms with van der Waals surface area (Å²) in [6, 6.07) is 15.6. The molecule has 0 aliphatic carbocycles. The lowest BCUT2D eigenvalue weighted by Crippen LogP contribution is -2.14. The van der Waals surface area contributed by atoms with Crippen molar-refractivity contribution in [3.8, 4) is 6.07 Å². The van der Waals surface area contributed by atoms with Crippen LogP contribution in [0.4, 0.5) is 0 Å². The van der Waals surface area contributed by atoms with E-state index in [-0.39, 0.29) is 5.78 Å². The summed E-state index contributed by atoms with van der Waals surface area (Å²) in [5, 5.41) is 11.7. The van der Waals surface area contributed by atoms with Gasteiger partial charge in [0.05, 0.1) is 23.6 Å². The summed E-state index contributed by atoms with van der Waals surface area (Å²) in [6.45, 7) is 4.64. The Balaban J connectivity index is 1.69. The van der Waals surface area contributed by atoms with Gasteiger partial charge in [-0.1, -0.05) is 18.2 Å². The average molecular weight is 374 g/mol. The second kappa shape index (κ2) is 6.86. The summed E-state index contributed by atoms with van der Waals surface area (Å²) in [5.41, 5.74) is 4.04. The number of H-pyrrole nitrogens is 1. The number of carbonyl (C=O) groups is 1. The summed E-state index contributed by atoms with van der Waals surface area (Å²) in [6.07, 6.45) is 0. The highest BCUT2D eigenvalue weighted by Crippen LogP contribution is 2.26. The van der Waals surface area contributed by atoms with Gasteiger partial charge >= 0.3 is 0 Å². The molecule has 27 heavy (non-hydrogen) atoms. The van der Waals surface area contributed by atoms with E-state index in [4.69, 9.17) is 0 Å². The monoisotopic (exact) mass is 374 g/mol. The summed E-state index contributed by atoms with van der Waals surface area (Å²) in [4.78, 5) is 21.9. The number of fused-ring (bicyclic) bond motifs is 1. The van der Waals surface area contributed by atoms with Crippen molar-refractivity contribution in [1.82, 2.24) is 14.5 Å². The van der Waals surface area contributed by atoms with Gasteiger partial charge in [0.2, 0.25) is 0 Å². The van der Waals surface area contributed by atoms with Crippen LogP contribution in [0.3, 0.4) is 0 Å². The number of hydrogen-bond donors (Lipinski definition) is 1. The molecule has 5 nitrogen and oxygen atoms in total. The van der Waals surface area contributed by atoms with Gasteiger partial charge in [-0.3, -0.25) is 4.79 Å². The number of Topliss-reactive ketones (excluding diaryl/α,β-unsaturated/α-hetero) is 1. The van der Waals surface area contributed by atoms with Gasteiger partial charge in [0.25, 0.3) is 0 Å². The zero-order valence-corrected chi connectivity index (χ0v) is 15.9. The van der Waals surface area contributed by atoms with Crippen molar-refractivity contribution in [3.05, 3.63) is 75.5 Å². The van der Waals surface area contributed by atoms with Crippen molar-refractivity contribution in [2.75, 3.05) is 0 Å². The Bertz CT molecular complexity index is 1130. The SMILES string of the molecule is Cc1cc(C(=O)[C@H](C#N)c2nc3ccccc3[nH]2)c(C)n1Cc1cccs1. The fourth-order valence-corrected chi connectivity index (χ4v) is 4.05. The highest BCUT2D eigenvalue weighted by molar-refractivity contribution is 7.09. The standard InChI is InChI=1S/C21H18N4OS/c1-13-10-16(14(2)25(13)12-15-6-5-9-27-15)20(26)17(11-22)21-23-18-7-3-4-8-19(18)24-21/h3-10,17H,12H2,1-2H3,(H,23,24)/t17-/m0/s1. The van der Waals surface area contributed by atoms with Gasteiger partial charge in [0, 0.05) is 21.8 Å². The first-order valence-corrected chi connectivity index (χ1v) is 9.54. The number of aromatic nitrogens is 3. The largest absolute Gasteiger partial charge is 0.343 e. The molecule has 0 saturated carbocycles. The molecule has 0 radical (unpaired) electrons. The van der Waals surface area contributed by atoms with Gasteiger partial charge in [-0.05, 0) is 43.5 Å². The minimum absolute atomic E-state index is 0.220.